The molecule has 9 heteroatoms. The van der Waals surface area contributed by atoms with Gasteiger partial charge in [0.15, 0.2) is 5.82 Å². The molecule has 5 rings (SSSR count). The van der Waals surface area contributed by atoms with Crippen LogP contribution in [0.2, 0.25) is 0 Å². The van der Waals surface area contributed by atoms with Crippen LogP contribution in [0.5, 0.6) is 0 Å². The molecule has 206 valence electrons. The summed E-state index contributed by atoms with van der Waals surface area (Å²) in [6, 6.07) is 11.1. The lowest BCUT2D eigenvalue weighted by Gasteiger charge is -2.41. The third kappa shape index (κ3) is 5.88. The fraction of sp³-hybridized carbons (Fsp3) is 0.500. The first-order valence-corrected chi connectivity index (χ1v) is 14.1. The summed E-state index contributed by atoms with van der Waals surface area (Å²) in [6.07, 6.45) is 4.17. The highest BCUT2D eigenvalue weighted by Gasteiger charge is 2.29. The van der Waals surface area contributed by atoms with Crippen LogP contribution < -0.4 is 9.80 Å². The van der Waals surface area contributed by atoms with Crippen molar-refractivity contribution in [1.29, 1.82) is 0 Å². The lowest BCUT2D eigenvalue weighted by molar-refractivity contribution is 0.0589. The first-order valence-electron chi connectivity index (χ1n) is 14.1. The average Bonchev–Trinajstić information content (AvgIpc) is 2.96. The zero-order valence-corrected chi connectivity index (χ0v) is 23.8. The Bertz CT molecular complexity index is 1270. The number of hydrogen-bond donors (Lipinski definition) is 0. The minimum absolute atomic E-state index is 0.0320. The maximum absolute atomic E-state index is 13.0. The Morgan fingerprint density at radius 1 is 0.923 bits per heavy atom. The Balaban J connectivity index is 1.21. The van der Waals surface area contributed by atoms with Gasteiger partial charge in [0.2, 0.25) is 0 Å². The molecule has 3 aromatic rings. The Morgan fingerprint density at radius 3 is 2.31 bits per heavy atom. The Morgan fingerprint density at radius 2 is 1.67 bits per heavy atom. The van der Waals surface area contributed by atoms with Gasteiger partial charge in [-0.3, -0.25) is 9.69 Å². The van der Waals surface area contributed by atoms with E-state index in [4.69, 9.17) is 0 Å². The Labute approximate surface area is 231 Å². The van der Waals surface area contributed by atoms with E-state index in [1.165, 1.54) is 16.7 Å². The maximum Gasteiger partial charge on any atom is 0.274 e. The summed E-state index contributed by atoms with van der Waals surface area (Å²) in [6.45, 7) is 16.6. The predicted molar refractivity (Wildman–Crippen MR) is 154 cm³/mol. The van der Waals surface area contributed by atoms with Crippen molar-refractivity contribution >= 4 is 17.5 Å². The highest BCUT2D eigenvalue weighted by molar-refractivity contribution is 5.92. The standard InChI is InChI=1S/C30H40N8O/c1-21(2)35-11-13-36(14-12-35)30(39)27-18-32-28(19-31-27)38-16-15-37(20-22(38)3)29-24(5)23(4)26(33-34-29)17-25-9-7-6-8-10-25/h6-10,18-19,21-22H,11-17,20H2,1-5H3/t22-/m1/s1. The quantitative estimate of drug-likeness (QED) is 0.482. The number of hydrogen-bond acceptors (Lipinski definition) is 8. The number of carbonyl (C=O) groups is 1. The topological polar surface area (TPSA) is 81.6 Å². The summed E-state index contributed by atoms with van der Waals surface area (Å²) in [4.78, 5) is 31.0. The van der Waals surface area contributed by atoms with Gasteiger partial charge < -0.3 is 14.7 Å². The van der Waals surface area contributed by atoms with Crippen LogP contribution in [0, 0.1) is 13.8 Å². The van der Waals surface area contributed by atoms with Crippen molar-refractivity contribution in [3.8, 4) is 0 Å². The van der Waals surface area contributed by atoms with Crippen molar-refractivity contribution in [2.45, 2.75) is 53.1 Å². The first kappa shape index (κ1) is 27.0. The van der Waals surface area contributed by atoms with Gasteiger partial charge in [0.1, 0.15) is 11.5 Å². The molecule has 1 aromatic carbocycles. The van der Waals surface area contributed by atoms with E-state index >= 15 is 0 Å². The normalized spacial score (nSPS) is 18.6. The van der Waals surface area contributed by atoms with Crippen LogP contribution in [0.15, 0.2) is 42.7 Å². The van der Waals surface area contributed by atoms with E-state index in [0.717, 1.165) is 69.6 Å². The second kappa shape index (κ2) is 11.7. The zero-order chi connectivity index (χ0) is 27.5. The SMILES string of the molecule is Cc1c(Cc2ccccc2)nnc(N2CCN(c3cnc(C(=O)N4CCN(C(C)C)CC4)cn3)[C@H](C)C2)c1C. The van der Waals surface area contributed by atoms with E-state index < -0.39 is 0 Å². The van der Waals surface area contributed by atoms with Crippen molar-refractivity contribution in [2.24, 2.45) is 0 Å². The van der Waals surface area contributed by atoms with Gasteiger partial charge in [0.25, 0.3) is 5.91 Å². The number of piperazine rings is 2. The summed E-state index contributed by atoms with van der Waals surface area (Å²) in [5, 5.41) is 9.29. The van der Waals surface area contributed by atoms with Crippen LogP contribution in [0.4, 0.5) is 11.6 Å². The number of nitrogens with zero attached hydrogens (tertiary/aromatic N) is 8. The van der Waals surface area contributed by atoms with Crippen LogP contribution in [0.25, 0.3) is 0 Å². The van der Waals surface area contributed by atoms with Gasteiger partial charge in [-0.1, -0.05) is 30.3 Å². The summed E-state index contributed by atoms with van der Waals surface area (Å²) in [7, 11) is 0. The van der Waals surface area contributed by atoms with Crippen LogP contribution in [-0.2, 0) is 6.42 Å². The third-order valence-electron chi connectivity index (χ3n) is 8.22. The Kier molecular flexibility index (Phi) is 8.07. The first-order chi connectivity index (χ1) is 18.8. The van der Waals surface area contributed by atoms with Gasteiger partial charge in [-0.25, -0.2) is 9.97 Å². The molecule has 0 N–H and O–H groups in total. The number of benzene rings is 1. The fourth-order valence-electron chi connectivity index (χ4n) is 5.57. The molecule has 0 spiro atoms. The molecule has 2 aliphatic heterocycles. The molecule has 0 aliphatic carbocycles. The van der Waals surface area contributed by atoms with Gasteiger partial charge in [-0.15, -0.1) is 5.10 Å². The minimum atomic E-state index is -0.0320. The molecule has 1 atom stereocenters. The zero-order valence-electron chi connectivity index (χ0n) is 23.8. The molecule has 2 aromatic heterocycles. The lowest BCUT2D eigenvalue weighted by Crippen LogP contribution is -2.53. The molecule has 0 unspecified atom stereocenters. The highest BCUT2D eigenvalue weighted by Crippen LogP contribution is 2.26. The molecule has 0 radical (unpaired) electrons. The highest BCUT2D eigenvalue weighted by atomic mass is 16.2. The molecule has 39 heavy (non-hydrogen) atoms. The molecule has 2 fully saturated rings. The maximum atomic E-state index is 13.0. The third-order valence-corrected chi connectivity index (χ3v) is 8.22. The predicted octanol–water partition coefficient (Wildman–Crippen LogP) is 3.36. The van der Waals surface area contributed by atoms with Gasteiger partial charge >= 0.3 is 0 Å². The molecule has 2 saturated heterocycles. The van der Waals surface area contributed by atoms with Crippen molar-refractivity contribution in [1.82, 2.24) is 30.0 Å². The summed E-state index contributed by atoms with van der Waals surface area (Å²) in [5.41, 5.74) is 5.08. The van der Waals surface area contributed by atoms with Crippen molar-refractivity contribution in [2.75, 3.05) is 55.6 Å². The lowest BCUT2D eigenvalue weighted by atomic mass is 10.0. The molecular weight excluding hydrogens is 488 g/mol. The van der Waals surface area contributed by atoms with Crippen LogP contribution in [0.1, 0.15) is 53.6 Å². The molecule has 4 heterocycles. The van der Waals surface area contributed by atoms with Crippen molar-refractivity contribution < 1.29 is 4.79 Å². The van der Waals surface area contributed by atoms with Gasteiger partial charge in [-0.05, 0) is 51.3 Å². The van der Waals surface area contributed by atoms with Crippen molar-refractivity contribution in [3.63, 3.8) is 0 Å². The number of aromatic nitrogens is 4. The molecule has 9 nitrogen and oxygen atoms in total. The number of anilines is 2. The van der Waals surface area contributed by atoms with Crippen LogP contribution in [-0.4, -0.2) is 93.8 Å². The summed E-state index contributed by atoms with van der Waals surface area (Å²) < 4.78 is 0. The molecule has 2 aliphatic rings. The van der Waals surface area contributed by atoms with E-state index in [-0.39, 0.29) is 11.9 Å². The van der Waals surface area contributed by atoms with E-state index in [2.05, 4.69) is 93.7 Å². The molecule has 0 bridgehead atoms. The molecular formula is C30H40N8O. The van der Waals surface area contributed by atoms with Crippen LogP contribution >= 0.6 is 0 Å². The monoisotopic (exact) mass is 528 g/mol. The second-order valence-corrected chi connectivity index (χ2v) is 11.1. The summed E-state index contributed by atoms with van der Waals surface area (Å²) >= 11 is 0. The molecule has 0 saturated carbocycles. The van der Waals surface area contributed by atoms with E-state index in [0.29, 0.717) is 11.7 Å². The smallest absolute Gasteiger partial charge is 0.274 e. The van der Waals surface area contributed by atoms with Gasteiger partial charge in [0.05, 0.1) is 18.1 Å². The van der Waals surface area contributed by atoms with Crippen molar-refractivity contribution in [3.05, 3.63) is 70.8 Å². The van der Waals surface area contributed by atoms with Gasteiger partial charge in [0, 0.05) is 64.3 Å². The van der Waals surface area contributed by atoms with Gasteiger partial charge in [-0.2, -0.15) is 5.10 Å². The molecule has 1 amide bonds. The number of carbonyl (C=O) groups excluding carboxylic acids is 1. The minimum Gasteiger partial charge on any atom is -0.351 e. The summed E-state index contributed by atoms with van der Waals surface area (Å²) in [5.74, 6) is 1.73. The van der Waals surface area contributed by atoms with E-state index in [9.17, 15) is 4.79 Å². The second-order valence-electron chi connectivity index (χ2n) is 11.1. The fourth-order valence-corrected chi connectivity index (χ4v) is 5.57. The number of amides is 1. The van der Waals surface area contributed by atoms with E-state index in [1.807, 2.05) is 11.0 Å². The largest absolute Gasteiger partial charge is 0.351 e. The van der Waals surface area contributed by atoms with E-state index in [1.54, 1.807) is 12.4 Å². The number of rotatable bonds is 6. The Hall–Kier alpha value is -3.59. The van der Waals surface area contributed by atoms with Crippen LogP contribution in [0.3, 0.4) is 0 Å². The average molecular weight is 529 g/mol.